The summed E-state index contributed by atoms with van der Waals surface area (Å²) in [5.41, 5.74) is 3.76. The first-order valence-corrected chi connectivity index (χ1v) is 12.2. The molecule has 0 bridgehead atoms. The molecule has 0 unspecified atom stereocenters. The lowest BCUT2D eigenvalue weighted by Crippen LogP contribution is -2.67. The van der Waals surface area contributed by atoms with Crippen molar-refractivity contribution in [1.29, 1.82) is 5.26 Å². The molecule has 2 aromatic carbocycles. The fraction of sp³-hybridized carbons (Fsp3) is 0.435. The summed E-state index contributed by atoms with van der Waals surface area (Å²) in [6, 6.07) is 18.0. The van der Waals surface area contributed by atoms with Crippen LogP contribution in [-0.2, 0) is 10.0 Å². The van der Waals surface area contributed by atoms with Crippen molar-refractivity contribution in [3.8, 4) is 17.2 Å². The number of sulfonamides is 1. The second kappa shape index (κ2) is 8.48. The number of aliphatic hydroxyl groups is 1. The molecule has 3 atom stereocenters. The number of benzene rings is 2. The molecule has 0 amide bonds. The van der Waals surface area contributed by atoms with Gasteiger partial charge in [-0.25, -0.2) is 12.7 Å². The van der Waals surface area contributed by atoms with Gasteiger partial charge in [0.2, 0.25) is 10.0 Å². The van der Waals surface area contributed by atoms with Crippen LogP contribution in [0.1, 0.15) is 29.9 Å². The lowest BCUT2D eigenvalue weighted by molar-refractivity contribution is -0.0553. The molecule has 7 heteroatoms. The number of aliphatic hydroxyl groups excluding tert-OH is 1. The second-order valence-electron chi connectivity index (χ2n) is 8.22. The van der Waals surface area contributed by atoms with Gasteiger partial charge in [0.1, 0.15) is 0 Å². The zero-order valence-corrected chi connectivity index (χ0v) is 17.9. The number of rotatable bonds is 4. The minimum atomic E-state index is -3.25. The minimum Gasteiger partial charge on any atom is -0.395 e. The number of nitrogens with zero attached hydrogens (tertiary/aromatic N) is 3. The number of hydrogen-bond acceptors (Lipinski definition) is 5. The van der Waals surface area contributed by atoms with Gasteiger partial charge in [-0.15, -0.1) is 0 Å². The first-order valence-electron chi connectivity index (χ1n) is 10.3. The summed E-state index contributed by atoms with van der Waals surface area (Å²) < 4.78 is 26.0. The first kappa shape index (κ1) is 21.0. The Kier molecular flexibility index (Phi) is 5.94. The van der Waals surface area contributed by atoms with Gasteiger partial charge in [0.15, 0.2) is 0 Å². The average molecular weight is 426 g/mol. The zero-order chi connectivity index (χ0) is 21.3. The monoisotopic (exact) mass is 425 g/mol. The molecule has 0 radical (unpaired) electrons. The van der Waals surface area contributed by atoms with E-state index >= 15 is 0 Å². The van der Waals surface area contributed by atoms with E-state index in [0.717, 1.165) is 36.1 Å². The molecule has 0 aliphatic carbocycles. The highest BCUT2D eigenvalue weighted by molar-refractivity contribution is 7.88. The van der Waals surface area contributed by atoms with Crippen molar-refractivity contribution in [1.82, 2.24) is 9.21 Å². The van der Waals surface area contributed by atoms with Crippen molar-refractivity contribution in [2.45, 2.75) is 30.8 Å². The Hall–Kier alpha value is -2.24. The highest BCUT2D eigenvalue weighted by atomic mass is 32.2. The fourth-order valence-electron chi connectivity index (χ4n) is 4.88. The Bertz CT molecular complexity index is 1050. The normalized spacial score (nSPS) is 25.4. The maximum Gasteiger partial charge on any atom is 0.211 e. The van der Waals surface area contributed by atoms with Gasteiger partial charge in [-0.3, -0.25) is 4.90 Å². The summed E-state index contributed by atoms with van der Waals surface area (Å²) in [4.78, 5) is 2.27. The van der Waals surface area contributed by atoms with Crippen LogP contribution < -0.4 is 0 Å². The predicted octanol–water partition coefficient (Wildman–Crippen LogP) is 2.41. The maximum absolute atomic E-state index is 12.2. The fourth-order valence-corrected chi connectivity index (χ4v) is 5.76. The van der Waals surface area contributed by atoms with Crippen molar-refractivity contribution < 1.29 is 13.5 Å². The van der Waals surface area contributed by atoms with E-state index in [4.69, 9.17) is 5.26 Å². The molecule has 2 fully saturated rings. The van der Waals surface area contributed by atoms with Crippen molar-refractivity contribution in [3.05, 3.63) is 59.7 Å². The van der Waals surface area contributed by atoms with Gasteiger partial charge in [0.05, 0.1) is 24.5 Å². The Balaban J connectivity index is 1.60. The molecule has 2 aliphatic heterocycles. The van der Waals surface area contributed by atoms with E-state index in [9.17, 15) is 13.5 Å². The highest BCUT2D eigenvalue weighted by Crippen LogP contribution is 2.42. The van der Waals surface area contributed by atoms with Gasteiger partial charge < -0.3 is 5.11 Å². The van der Waals surface area contributed by atoms with E-state index in [2.05, 4.69) is 23.1 Å². The number of fused-ring (bicyclic) bond motifs is 1. The average Bonchev–Trinajstić information content (AvgIpc) is 2.72. The molecule has 1 N–H and O–H groups in total. The topological polar surface area (TPSA) is 84.6 Å². The van der Waals surface area contributed by atoms with E-state index < -0.39 is 10.0 Å². The van der Waals surface area contributed by atoms with E-state index in [1.807, 2.05) is 30.3 Å². The Morgan fingerprint density at radius 1 is 1.10 bits per heavy atom. The Morgan fingerprint density at radius 3 is 2.50 bits per heavy atom. The predicted molar refractivity (Wildman–Crippen MR) is 116 cm³/mol. The van der Waals surface area contributed by atoms with E-state index in [-0.39, 0.29) is 24.6 Å². The smallest absolute Gasteiger partial charge is 0.211 e. The van der Waals surface area contributed by atoms with Gasteiger partial charge in [-0.2, -0.15) is 5.26 Å². The summed E-state index contributed by atoms with van der Waals surface area (Å²) >= 11 is 0. The lowest BCUT2D eigenvalue weighted by Gasteiger charge is -2.57. The van der Waals surface area contributed by atoms with E-state index in [0.29, 0.717) is 18.7 Å². The third-order valence-electron chi connectivity index (χ3n) is 6.42. The zero-order valence-electron chi connectivity index (χ0n) is 17.1. The van der Waals surface area contributed by atoms with Crippen molar-refractivity contribution in [2.24, 2.45) is 0 Å². The van der Waals surface area contributed by atoms with Crippen LogP contribution in [0.25, 0.3) is 11.1 Å². The van der Waals surface area contributed by atoms with Gasteiger partial charge in [0.25, 0.3) is 0 Å². The first-order chi connectivity index (χ1) is 14.4. The maximum atomic E-state index is 12.2. The Morgan fingerprint density at radius 2 is 1.83 bits per heavy atom. The van der Waals surface area contributed by atoms with Crippen LogP contribution in [0.15, 0.2) is 48.5 Å². The van der Waals surface area contributed by atoms with E-state index in [1.54, 1.807) is 10.4 Å². The van der Waals surface area contributed by atoms with Crippen molar-refractivity contribution in [2.75, 3.05) is 32.5 Å². The van der Waals surface area contributed by atoms with Crippen LogP contribution >= 0.6 is 0 Å². The Labute approximate surface area is 178 Å². The van der Waals surface area contributed by atoms with Crippen LogP contribution in [0.2, 0.25) is 0 Å². The molecule has 2 heterocycles. The van der Waals surface area contributed by atoms with Crippen LogP contribution in [0.3, 0.4) is 0 Å². The molecular weight excluding hydrogens is 398 g/mol. The lowest BCUT2D eigenvalue weighted by atomic mass is 9.74. The van der Waals surface area contributed by atoms with Crippen LogP contribution in [0.4, 0.5) is 0 Å². The van der Waals surface area contributed by atoms with Crippen molar-refractivity contribution >= 4 is 10.0 Å². The largest absolute Gasteiger partial charge is 0.395 e. The molecule has 6 nitrogen and oxygen atoms in total. The van der Waals surface area contributed by atoms with Gasteiger partial charge in [0, 0.05) is 31.1 Å². The van der Waals surface area contributed by atoms with E-state index in [1.165, 1.54) is 6.26 Å². The molecule has 158 valence electrons. The third kappa shape index (κ3) is 4.01. The van der Waals surface area contributed by atoms with Crippen LogP contribution in [0, 0.1) is 11.3 Å². The molecular formula is C23H27N3O3S. The molecule has 2 saturated heterocycles. The minimum absolute atomic E-state index is 0.0160. The molecule has 0 spiro atoms. The summed E-state index contributed by atoms with van der Waals surface area (Å²) in [6.45, 7) is 1.98. The summed E-state index contributed by atoms with van der Waals surface area (Å²) in [7, 11) is -3.25. The second-order valence-corrected chi connectivity index (χ2v) is 10.2. The highest BCUT2D eigenvalue weighted by Gasteiger charge is 2.49. The summed E-state index contributed by atoms with van der Waals surface area (Å²) in [5, 5.41) is 19.2. The molecule has 4 rings (SSSR count). The van der Waals surface area contributed by atoms with Crippen LogP contribution in [0.5, 0.6) is 0 Å². The number of hydrogen-bond donors (Lipinski definition) is 1. The number of nitriles is 1. The van der Waals surface area contributed by atoms with Crippen molar-refractivity contribution in [3.63, 3.8) is 0 Å². The standard InChI is InChI=1S/C23H27N3O3S/c1-30(28,29)25-11-2-3-12-26-21(15-25)23(22(26)16-27)19-9-7-18(8-10-19)20-6-4-5-17(13-20)14-24/h4-10,13,21-23,27H,2-3,11-12,15-16H2,1H3/t21-,22+,23+/m0/s1. The third-order valence-corrected chi connectivity index (χ3v) is 7.69. The summed E-state index contributed by atoms with van der Waals surface area (Å²) in [6.07, 6.45) is 3.05. The quantitative estimate of drug-likeness (QED) is 0.813. The summed E-state index contributed by atoms with van der Waals surface area (Å²) in [5.74, 6) is 0.0943. The molecule has 30 heavy (non-hydrogen) atoms. The molecule has 0 aromatic heterocycles. The van der Waals surface area contributed by atoms with Gasteiger partial charge in [-0.1, -0.05) is 36.4 Å². The van der Waals surface area contributed by atoms with Crippen LogP contribution in [-0.4, -0.2) is 67.3 Å². The molecule has 2 aromatic rings. The molecule has 2 aliphatic rings. The van der Waals surface area contributed by atoms with Gasteiger partial charge >= 0.3 is 0 Å². The SMILES string of the molecule is CS(=O)(=O)N1CCCCN2[C@H](CO)[C@H](c3ccc(-c4cccc(C#N)c4)cc3)[C@@H]2C1. The molecule has 0 saturated carbocycles. The van der Waals surface area contributed by atoms with Gasteiger partial charge in [-0.05, 0) is 48.2 Å².